The van der Waals surface area contributed by atoms with Gasteiger partial charge in [0.1, 0.15) is 12.4 Å². The number of hydrogen-bond acceptors (Lipinski definition) is 1. The Morgan fingerprint density at radius 3 is 2.20 bits per heavy atom. The fourth-order valence-corrected chi connectivity index (χ4v) is 2.65. The molecule has 3 rings (SSSR count). The van der Waals surface area contributed by atoms with Crippen molar-refractivity contribution in [2.75, 3.05) is 0 Å². The van der Waals surface area contributed by atoms with E-state index in [0.717, 1.165) is 22.1 Å². The Kier molecular flexibility index (Phi) is 3.81. The maximum Gasteiger partial charge on any atom is 0.127 e. The zero-order valence-corrected chi connectivity index (χ0v) is 12.2. The van der Waals surface area contributed by atoms with E-state index in [0.29, 0.717) is 16.7 Å². The number of benzene rings is 3. The first-order valence-electron chi connectivity index (χ1n) is 6.29. The highest BCUT2D eigenvalue weighted by molar-refractivity contribution is 6.35. The van der Waals surface area contributed by atoms with Gasteiger partial charge in [0.2, 0.25) is 0 Å². The molecule has 100 valence electrons. The molecular formula is C17H12Cl2O. The van der Waals surface area contributed by atoms with Gasteiger partial charge in [-0.2, -0.15) is 0 Å². The molecule has 20 heavy (non-hydrogen) atoms. The monoisotopic (exact) mass is 302 g/mol. The summed E-state index contributed by atoms with van der Waals surface area (Å²) in [6.07, 6.45) is 0. The second kappa shape index (κ2) is 5.74. The van der Waals surface area contributed by atoms with Crippen molar-refractivity contribution in [2.24, 2.45) is 0 Å². The molecule has 1 nitrogen and oxygen atoms in total. The molecule has 0 aliphatic heterocycles. The van der Waals surface area contributed by atoms with Crippen LogP contribution >= 0.6 is 23.2 Å². The van der Waals surface area contributed by atoms with E-state index in [-0.39, 0.29) is 0 Å². The van der Waals surface area contributed by atoms with Crippen molar-refractivity contribution >= 4 is 34.0 Å². The van der Waals surface area contributed by atoms with Crippen molar-refractivity contribution in [2.45, 2.75) is 6.61 Å². The molecule has 0 radical (unpaired) electrons. The van der Waals surface area contributed by atoms with Crippen LogP contribution in [-0.4, -0.2) is 0 Å². The summed E-state index contributed by atoms with van der Waals surface area (Å²) >= 11 is 12.3. The standard InChI is InChI=1S/C17H12Cl2O/c18-15-8-4-9-16(19)14(15)11-20-17-10-3-6-12-5-1-2-7-13(12)17/h1-10H,11H2. The minimum Gasteiger partial charge on any atom is -0.488 e. The molecule has 0 fully saturated rings. The number of fused-ring (bicyclic) bond motifs is 1. The van der Waals surface area contributed by atoms with Gasteiger partial charge >= 0.3 is 0 Å². The number of hydrogen-bond donors (Lipinski definition) is 0. The van der Waals surface area contributed by atoms with Gasteiger partial charge < -0.3 is 4.74 Å². The molecule has 0 aromatic heterocycles. The zero-order valence-electron chi connectivity index (χ0n) is 10.6. The summed E-state index contributed by atoms with van der Waals surface area (Å²) in [5.74, 6) is 0.832. The summed E-state index contributed by atoms with van der Waals surface area (Å²) < 4.78 is 5.90. The van der Waals surface area contributed by atoms with Crippen LogP contribution in [0.5, 0.6) is 5.75 Å². The van der Waals surface area contributed by atoms with E-state index in [4.69, 9.17) is 27.9 Å². The van der Waals surface area contributed by atoms with Crippen LogP contribution in [0.1, 0.15) is 5.56 Å². The van der Waals surface area contributed by atoms with Crippen molar-refractivity contribution in [3.05, 3.63) is 76.3 Å². The molecule has 0 N–H and O–H groups in total. The molecule has 3 heteroatoms. The van der Waals surface area contributed by atoms with Crippen LogP contribution < -0.4 is 4.74 Å². The molecule has 0 spiro atoms. The van der Waals surface area contributed by atoms with Crippen LogP contribution in [0.15, 0.2) is 60.7 Å². The third-order valence-corrected chi connectivity index (χ3v) is 3.89. The average molecular weight is 303 g/mol. The van der Waals surface area contributed by atoms with Gasteiger partial charge in [0.05, 0.1) is 0 Å². The molecule has 0 unspecified atom stereocenters. The predicted molar refractivity (Wildman–Crippen MR) is 84.7 cm³/mol. The lowest BCUT2D eigenvalue weighted by molar-refractivity contribution is 0.310. The molecule has 0 atom stereocenters. The molecule has 0 aliphatic carbocycles. The van der Waals surface area contributed by atoms with Crippen molar-refractivity contribution < 1.29 is 4.74 Å². The molecule has 0 saturated heterocycles. The summed E-state index contributed by atoms with van der Waals surface area (Å²) in [6, 6.07) is 19.6. The largest absolute Gasteiger partial charge is 0.488 e. The molecule has 0 heterocycles. The van der Waals surface area contributed by atoms with E-state index in [9.17, 15) is 0 Å². The average Bonchev–Trinajstić information content (AvgIpc) is 2.47. The second-order valence-corrected chi connectivity index (χ2v) is 5.28. The second-order valence-electron chi connectivity index (χ2n) is 4.47. The summed E-state index contributed by atoms with van der Waals surface area (Å²) in [7, 11) is 0. The van der Waals surface area contributed by atoms with Gasteiger partial charge in [0.25, 0.3) is 0 Å². The molecule has 0 bridgehead atoms. The van der Waals surface area contributed by atoms with E-state index in [1.165, 1.54) is 0 Å². The summed E-state index contributed by atoms with van der Waals surface area (Å²) in [6.45, 7) is 0.354. The highest BCUT2D eigenvalue weighted by atomic mass is 35.5. The van der Waals surface area contributed by atoms with Crippen LogP contribution in [0.2, 0.25) is 10.0 Å². The Hall–Kier alpha value is -1.70. The highest BCUT2D eigenvalue weighted by Crippen LogP contribution is 2.29. The molecule has 0 amide bonds. The maximum absolute atomic E-state index is 6.15. The Labute approximate surface area is 127 Å². The van der Waals surface area contributed by atoms with Gasteiger partial charge in [-0.15, -0.1) is 0 Å². The lowest BCUT2D eigenvalue weighted by Gasteiger charge is -2.11. The Morgan fingerprint density at radius 2 is 1.40 bits per heavy atom. The van der Waals surface area contributed by atoms with Gasteiger partial charge in [-0.3, -0.25) is 0 Å². The van der Waals surface area contributed by atoms with Crippen LogP contribution in [0, 0.1) is 0 Å². The maximum atomic E-state index is 6.15. The fraction of sp³-hybridized carbons (Fsp3) is 0.0588. The molecule has 0 aliphatic rings. The SMILES string of the molecule is Clc1cccc(Cl)c1COc1cccc2ccccc12. The lowest BCUT2D eigenvalue weighted by atomic mass is 10.1. The summed E-state index contributed by atoms with van der Waals surface area (Å²) in [4.78, 5) is 0. The topological polar surface area (TPSA) is 9.23 Å². The third-order valence-electron chi connectivity index (χ3n) is 3.18. The van der Waals surface area contributed by atoms with Gasteiger partial charge in [-0.25, -0.2) is 0 Å². The van der Waals surface area contributed by atoms with Crippen LogP contribution in [0.4, 0.5) is 0 Å². The fourth-order valence-electron chi connectivity index (χ4n) is 2.14. The van der Waals surface area contributed by atoms with Crippen LogP contribution in [0.3, 0.4) is 0 Å². The number of rotatable bonds is 3. The first-order valence-corrected chi connectivity index (χ1v) is 7.05. The van der Waals surface area contributed by atoms with Gasteiger partial charge in [0.15, 0.2) is 0 Å². The number of ether oxygens (including phenoxy) is 1. The van der Waals surface area contributed by atoms with E-state index < -0.39 is 0 Å². The zero-order chi connectivity index (χ0) is 13.9. The van der Waals surface area contributed by atoms with Gasteiger partial charge in [0, 0.05) is 21.0 Å². The minimum atomic E-state index is 0.354. The first kappa shape index (κ1) is 13.3. The Balaban J connectivity index is 1.91. The quantitative estimate of drug-likeness (QED) is 0.600. The lowest BCUT2D eigenvalue weighted by Crippen LogP contribution is -1.97. The van der Waals surface area contributed by atoms with E-state index >= 15 is 0 Å². The highest BCUT2D eigenvalue weighted by Gasteiger charge is 2.07. The van der Waals surface area contributed by atoms with Crippen LogP contribution in [-0.2, 0) is 6.61 Å². The van der Waals surface area contributed by atoms with Gasteiger partial charge in [-0.05, 0) is 23.6 Å². The predicted octanol–water partition coefficient (Wildman–Crippen LogP) is 5.73. The Morgan fingerprint density at radius 1 is 0.750 bits per heavy atom. The van der Waals surface area contributed by atoms with E-state index in [1.54, 1.807) is 0 Å². The summed E-state index contributed by atoms with van der Waals surface area (Å²) in [5.41, 5.74) is 0.809. The normalized spacial score (nSPS) is 10.7. The molecular weight excluding hydrogens is 291 g/mol. The van der Waals surface area contributed by atoms with Crippen LogP contribution in [0.25, 0.3) is 10.8 Å². The number of halogens is 2. The minimum absolute atomic E-state index is 0.354. The van der Waals surface area contributed by atoms with E-state index in [1.807, 2.05) is 48.5 Å². The van der Waals surface area contributed by atoms with E-state index in [2.05, 4.69) is 12.1 Å². The molecule has 3 aromatic rings. The molecule has 0 saturated carbocycles. The van der Waals surface area contributed by atoms with Crippen molar-refractivity contribution in [3.8, 4) is 5.75 Å². The van der Waals surface area contributed by atoms with Gasteiger partial charge in [-0.1, -0.05) is 65.7 Å². The smallest absolute Gasteiger partial charge is 0.127 e. The van der Waals surface area contributed by atoms with Crippen molar-refractivity contribution in [1.82, 2.24) is 0 Å². The first-order chi connectivity index (χ1) is 9.75. The molecule has 3 aromatic carbocycles. The van der Waals surface area contributed by atoms with Crippen molar-refractivity contribution in [3.63, 3.8) is 0 Å². The third kappa shape index (κ3) is 2.60. The van der Waals surface area contributed by atoms with Crippen molar-refractivity contribution in [1.29, 1.82) is 0 Å². The summed E-state index contributed by atoms with van der Waals surface area (Å²) in [5, 5.41) is 3.48. The Bertz CT molecular complexity index is 727.